The van der Waals surface area contributed by atoms with Gasteiger partial charge in [0.2, 0.25) is 0 Å². The molecule has 0 N–H and O–H groups in total. The lowest BCUT2D eigenvalue weighted by Crippen LogP contribution is -2.35. The highest BCUT2D eigenvalue weighted by molar-refractivity contribution is 5.95. The summed E-state index contributed by atoms with van der Waals surface area (Å²) >= 11 is 0. The van der Waals surface area contributed by atoms with Gasteiger partial charge in [-0.25, -0.2) is 4.79 Å². The summed E-state index contributed by atoms with van der Waals surface area (Å²) in [7, 11) is 1.53. The Labute approximate surface area is 165 Å². The minimum Gasteiger partial charge on any atom is -0.493 e. The van der Waals surface area contributed by atoms with E-state index < -0.39 is 5.97 Å². The van der Waals surface area contributed by atoms with Crippen LogP contribution in [0.1, 0.15) is 19.4 Å². The summed E-state index contributed by atoms with van der Waals surface area (Å²) in [5, 5.41) is 0. The number of hydrogen-bond acceptors (Lipinski definition) is 5. The van der Waals surface area contributed by atoms with Gasteiger partial charge in [-0.15, -0.1) is 0 Å². The number of ether oxygens (including phenoxy) is 3. The van der Waals surface area contributed by atoms with Crippen LogP contribution in [0.3, 0.4) is 0 Å². The first-order chi connectivity index (χ1) is 13.6. The van der Waals surface area contributed by atoms with Crippen molar-refractivity contribution in [3.8, 4) is 11.5 Å². The molecule has 0 bridgehead atoms. The lowest BCUT2D eigenvalue weighted by Gasteiger charge is -2.20. The Hall–Kier alpha value is -3.28. The zero-order valence-corrected chi connectivity index (χ0v) is 16.4. The Morgan fingerprint density at radius 3 is 2.43 bits per heavy atom. The lowest BCUT2D eigenvalue weighted by atomic mass is 10.2. The number of methoxy groups -OCH3 is 1. The van der Waals surface area contributed by atoms with Gasteiger partial charge in [0.15, 0.2) is 24.7 Å². The molecule has 0 unspecified atom stereocenters. The Morgan fingerprint density at radius 1 is 1.04 bits per heavy atom. The summed E-state index contributed by atoms with van der Waals surface area (Å²) < 4.78 is 15.8. The van der Waals surface area contributed by atoms with E-state index >= 15 is 0 Å². The van der Waals surface area contributed by atoms with Gasteiger partial charge in [-0.1, -0.05) is 36.4 Å². The van der Waals surface area contributed by atoms with Gasteiger partial charge < -0.3 is 19.1 Å². The van der Waals surface area contributed by atoms with E-state index in [0.717, 1.165) is 11.3 Å². The number of amides is 1. The molecule has 2 rings (SSSR count). The van der Waals surface area contributed by atoms with Crippen LogP contribution in [0.25, 0.3) is 6.08 Å². The fourth-order valence-corrected chi connectivity index (χ4v) is 2.61. The smallest absolute Gasteiger partial charge is 0.344 e. The molecule has 0 aliphatic rings. The molecule has 0 radical (unpaired) electrons. The minimum absolute atomic E-state index is 0.296. The topological polar surface area (TPSA) is 65.1 Å². The molecule has 0 saturated heterocycles. The normalized spacial score (nSPS) is 10.5. The van der Waals surface area contributed by atoms with Crippen LogP contribution < -0.4 is 14.4 Å². The molecule has 0 aliphatic heterocycles. The van der Waals surface area contributed by atoms with Gasteiger partial charge in [-0.3, -0.25) is 4.79 Å². The van der Waals surface area contributed by atoms with Crippen molar-refractivity contribution in [3.05, 3.63) is 60.2 Å². The van der Waals surface area contributed by atoms with Crippen LogP contribution in [-0.2, 0) is 14.3 Å². The first kappa shape index (κ1) is 21.0. The van der Waals surface area contributed by atoms with Crippen molar-refractivity contribution in [3.63, 3.8) is 0 Å². The average Bonchev–Trinajstić information content (AvgIpc) is 2.72. The van der Waals surface area contributed by atoms with Crippen molar-refractivity contribution in [2.45, 2.75) is 13.8 Å². The average molecular weight is 383 g/mol. The number of allylic oxidation sites excluding steroid dienone is 1. The van der Waals surface area contributed by atoms with E-state index in [-0.39, 0.29) is 19.1 Å². The summed E-state index contributed by atoms with van der Waals surface area (Å²) in [6.45, 7) is 3.60. The number of carbonyl (C=O) groups is 2. The molecule has 0 atom stereocenters. The number of hydrogen-bond donors (Lipinski definition) is 0. The van der Waals surface area contributed by atoms with Crippen LogP contribution in [0.4, 0.5) is 5.69 Å². The van der Waals surface area contributed by atoms with Crippen LogP contribution >= 0.6 is 0 Å². The van der Waals surface area contributed by atoms with Crippen molar-refractivity contribution in [2.24, 2.45) is 0 Å². The van der Waals surface area contributed by atoms with Crippen molar-refractivity contribution in [1.29, 1.82) is 0 Å². The fourth-order valence-electron chi connectivity index (χ4n) is 2.61. The van der Waals surface area contributed by atoms with E-state index in [0.29, 0.717) is 18.0 Å². The summed E-state index contributed by atoms with van der Waals surface area (Å²) in [6.07, 6.45) is 3.84. The second kappa shape index (κ2) is 10.8. The second-order valence-electron chi connectivity index (χ2n) is 5.83. The molecule has 1 amide bonds. The van der Waals surface area contributed by atoms with Crippen LogP contribution in [0.15, 0.2) is 54.6 Å². The van der Waals surface area contributed by atoms with Crippen LogP contribution in [0, 0.1) is 0 Å². The standard InChI is InChI=1S/C22H25NO5/c1-4-9-17-12-13-19(20(14-17)26-3)27-16-22(25)28-15-21(24)23(5-2)18-10-7-6-8-11-18/h4,6-14H,5,15-16H2,1-3H3/b9-4+. The molecule has 28 heavy (non-hydrogen) atoms. The van der Waals surface area contributed by atoms with Crippen LogP contribution in [0.2, 0.25) is 0 Å². The number of anilines is 1. The van der Waals surface area contributed by atoms with E-state index in [1.54, 1.807) is 11.0 Å². The Kier molecular flexibility index (Phi) is 8.09. The SMILES string of the molecule is C/C=C/c1ccc(OCC(=O)OCC(=O)N(CC)c2ccccc2)c(OC)c1. The zero-order valence-electron chi connectivity index (χ0n) is 16.4. The van der Waals surface area contributed by atoms with E-state index in [9.17, 15) is 9.59 Å². The number of nitrogens with zero attached hydrogens (tertiary/aromatic N) is 1. The number of rotatable bonds is 9. The van der Waals surface area contributed by atoms with Gasteiger partial charge in [0.25, 0.3) is 5.91 Å². The van der Waals surface area contributed by atoms with Crippen molar-refractivity contribution < 1.29 is 23.8 Å². The highest BCUT2D eigenvalue weighted by Gasteiger charge is 2.16. The van der Waals surface area contributed by atoms with Crippen molar-refractivity contribution >= 4 is 23.6 Å². The first-order valence-corrected chi connectivity index (χ1v) is 9.03. The number of esters is 1. The summed E-state index contributed by atoms with van der Waals surface area (Å²) in [4.78, 5) is 25.9. The molecule has 0 aliphatic carbocycles. The molecule has 6 nitrogen and oxygen atoms in total. The maximum atomic E-state index is 12.3. The molecule has 0 fully saturated rings. The third-order valence-corrected chi connectivity index (χ3v) is 3.93. The monoisotopic (exact) mass is 383 g/mol. The van der Waals surface area contributed by atoms with Gasteiger partial charge in [0.05, 0.1) is 7.11 Å². The van der Waals surface area contributed by atoms with E-state index in [4.69, 9.17) is 14.2 Å². The molecule has 148 valence electrons. The van der Waals surface area contributed by atoms with Gasteiger partial charge >= 0.3 is 5.97 Å². The van der Waals surface area contributed by atoms with Crippen LogP contribution in [0.5, 0.6) is 11.5 Å². The Balaban J connectivity index is 1.88. The van der Waals surface area contributed by atoms with E-state index in [1.807, 2.05) is 68.5 Å². The minimum atomic E-state index is -0.628. The highest BCUT2D eigenvalue weighted by atomic mass is 16.6. The van der Waals surface area contributed by atoms with Crippen LogP contribution in [-0.4, -0.2) is 38.7 Å². The Bertz CT molecular complexity index is 817. The van der Waals surface area contributed by atoms with Gasteiger partial charge in [0, 0.05) is 12.2 Å². The lowest BCUT2D eigenvalue weighted by molar-refractivity contribution is -0.149. The number of carbonyl (C=O) groups excluding carboxylic acids is 2. The number of benzene rings is 2. The fraction of sp³-hybridized carbons (Fsp3) is 0.273. The summed E-state index contributed by atoms with van der Waals surface area (Å²) in [6, 6.07) is 14.6. The third-order valence-electron chi connectivity index (χ3n) is 3.93. The highest BCUT2D eigenvalue weighted by Crippen LogP contribution is 2.28. The quantitative estimate of drug-likeness (QED) is 0.618. The Morgan fingerprint density at radius 2 is 1.79 bits per heavy atom. The van der Waals surface area contributed by atoms with E-state index in [1.165, 1.54) is 7.11 Å². The number of likely N-dealkylation sites (N-methyl/N-ethyl adjacent to an activating group) is 1. The number of para-hydroxylation sites is 1. The molecule has 0 aromatic heterocycles. The van der Waals surface area contributed by atoms with Gasteiger partial charge in [-0.2, -0.15) is 0 Å². The predicted molar refractivity (Wildman–Crippen MR) is 109 cm³/mol. The largest absolute Gasteiger partial charge is 0.493 e. The van der Waals surface area contributed by atoms with Crippen molar-refractivity contribution in [1.82, 2.24) is 0 Å². The van der Waals surface area contributed by atoms with Gasteiger partial charge in [-0.05, 0) is 43.7 Å². The molecular formula is C22H25NO5. The summed E-state index contributed by atoms with van der Waals surface area (Å²) in [5.41, 5.74) is 1.72. The third kappa shape index (κ3) is 5.87. The molecule has 0 heterocycles. The maximum Gasteiger partial charge on any atom is 0.344 e. The zero-order chi connectivity index (χ0) is 20.4. The maximum absolute atomic E-state index is 12.3. The molecule has 2 aromatic carbocycles. The summed E-state index contributed by atoms with van der Waals surface area (Å²) in [5.74, 6) is 0.0200. The molecular weight excluding hydrogens is 358 g/mol. The molecule has 6 heteroatoms. The first-order valence-electron chi connectivity index (χ1n) is 9.03. The molecule has 0 saturated carbocycles. The predicted octanol–water partition coefficient (Wildman–Crippen LogP) is 3.70. The molecule has 2 aromatic rings. The second-order valence-corrected chi connectivity index (χ2v) is 5.83. The van der Waals surface area contributed by atoms with E-state index in [2.05, 4.69) is 0 Å². The van der Waals surface area contributed by atoms with Crippen molar-refractivity contribution in [2.75, 3.05) is 31.8 Å². The van der Waals surface area contributed by atoms with Gasteiger partial charge in [0.1, 0.15) is 0 Å². The molecule has 0 spiro atoms.